The Hall–Kier alpha value is -1.24. The molecule has 0 amide bonds. The van der Waals surface area contributed by atoms with Crippen LogP contribution < -0.4 is 5.56 Å². The zero-order valence-corrected chi connectivity index (χ0v) is 17.1. The summed E-state index contributed by atoms with van der Waals surface area (Å²) in [5, 5.41) is 1.10. The summed E-state index contributed by atoms with van der Waals surface area (Å²) in [4.78, 5) is 29.4. The lowest BCUT2D eigenvalue weighted by Crippen LogP contribution is -2.25. The Morgan fingerprint density at radius 1 is 1.46 bits per heavy atom. The molecule has 1 aliphatic carbocycles. The molecule has 140 valence electrons. The van der Waals surface area contributed by atoms with Crippen LogP contribution in [0.5, 0.6) is 0 Å². The number of alkyl halides is 2. The number of benzene rings is 1. The number of esters is 1. The smallest absolute Gasteiger partial charge is 0.337 e. The Labute approximate surface area is 166 Å². The number of fused-ring (bicyclic) bond motifs is 1. The van der Waals surface area contributed by atoms with Gasteiger partial charge < -0.3 is 4.74 Å². The van der Waals surface area contributed by atoms with Crippen molar-refractivity contribution in [2.24, 2.45) is 11.8 Å². The number of aromatic nitrogens is 2. The first kappa shape index (κ1) is 19.5. The molecule has 0 radical (unpaired) electrons. The second kappa shape index (κ2) is 7.41. The number of ether oxygens (including phenoxy) is 1. The summed E-state index contributed by atoms with van der Waals surface area (Å²) in [7, 11) is 1.32. The number of thioether (sulfide) groups is 1. The lowest BCUT2D eigenvalue weighted by molar-refractivity contribution is 0.0601. The van der Waals surface area contributed by atoms with Gasteiger partial charge in [0.15, 0.2) is 5.16 Å². The molecule has 2 aromatic rings. The molecule has 1 heterocycles. The molecule has 5 nitrogen and oxygen atoms in total. The van der Waals surface area contributed by atoms with Gasteiger partial charge in [-0.2, -0.15) is 0 Å². The molecule has 0 aliphatic heterocycles. The molecule has 1 fully saturated rings. The lowest BCUT2D eigenvalue weighted by atomic mass is 10.1. The van der Waals surface area contributed by atoms with Gasteiger partial charge in [0.05, 0.1) is 23.6 Å². The summed E-state index contributed by atoms with van der Waals surface area (Å²) in [5.41, 5.74) is 0.743. The first-order valence-electron chi connectivity index (χ1n) is 8.36. The highest BCUT2D eigenvalue weighted by atomic mass is 35.5. The maximum atomic E-state index is 13.0. The Bertz CT molecular complexity index is 911. The highest BCUT2D eigenvalue weighted by molar-refractivity contribution is 7.99. The fourth-order valence-electron chi connectivity index (χ4n) is 2.71. The average molecular weight is 415 g/mol. The highest BCUT2D eigenvalue weighted by Gasteiger charge is 2.51. The summed E-state index contributed by atoms with van der Waals surface area (Å²) in [6.07, 6.45) is 0.748. The molecule has 1 atom stereocenters. The molecule has 1 aliphatic rings. The van der Waals surface area contributed by atoms with Crippen molar-refractivity contribution in [3.63, 3.8) is 0 Å². The van der Waals surface area contributed by atoms with E-state index in [9.17, 15) is 9.59 Å². The van der Waals surface area contributed by atoms with E-state index in [1.807, 2.05) is 0 Å². The number of methoxy groups -OCH3 is 1. The quantitative estimate of drug-likeness (QED) is 0.307. The van der Waals surface area contributed by atoms with Crippen molar-refractivity contribution < 1.29 is 9.53 Å². The molecule has 0 spiro atoms. The Morgan fingerprint density at radius 3 is 2.73 bits per heavy atom. The SMILES string of the molecule is COC(=O)c1ccc2c(=O)n(CC(C)C)c(SC[C@@H]3CC3(Cl)Cl)nc2c1. The molecule has 0 unspecified atom stereocenters. The predicted molar refractivity (Wildman–Crippen MR) is 105 cm³/mol. The van der Waals surface area contributed by atoms with Gasteiger partial charge in [-0.1, -0.05) is 25.6 Å². The Kier molecular flexibility index (Phi) is 5.56. The molecule has 26 heavy (non-hydrogen) atoms. The van der Waals surface area contributed by atoms with Crippen LogP contribution in [0.4, 0.5) is 0 Å². The summed E-state index contributed by atoms with van der Waals surface area (Å²) < 4.78 is 5.78. The number of hydrogen-bond acceptors (Lipinski definition) is 5. The van der Waals surface area contributed by atoms with E-state index in [0.29, 0.717) is 39.8 Å². The van der Waals surface area contributed by atoms with Crippen LogP contribution in [0.2, 0.25) is 0 Å². The maximum absolute atomic E-state index is 13.0. The van der Waals surface area contributed by atoms with Crippen molar-refractivity contribution in [2.75, 3.05) is 12.9 Å². The van der Waals surface area contributed by atoms with Crippen LogP contribution in [0, 0.1) is 11.8 Å². The van der Waals surface area contributed by atoms with Gasteiger partial charge in [-0.3, -0.25) is 9.36 Å². The zero-order chi connectivity index (χ0) is 19.1. The van der Waals surface area contributed by atoms with E-state index in [1.54, 1.807) is 22.8 Å². The second-order valence-electron chi connectivity index (χ2n) is 6.90. The van der Waals surface area contributed by atoms with E-state index in [1.165, 1.54) is 18.9 Å². The van der Waals surface area contributed by atoms with Crippen LogP contribution >= 0.6 is 35.0 Å². The van der Waals surface area contributed by atoms with Crippen molar-refractivity contribution in [1.82, 2.24) is 9.55 Å². The largest absolute Gasteiger partial charge is 0.465 e. The van der Waals surface area contributed by atoms with Crippen LogP contribution in [-0.4, -0.2) is 32.7 Å². The van der Waals surface area contributed by atoms with Crippen molar-refractivity contribution in [3.8, 4) is 0 Å². The van der Waals surface area contributed by atoms with Crippen LogP contribution in [0.3, 0.4) is 0 Å². The summed E-state index contributed by atoms with van der Waals surface area (Å²) in [5.74, 6) is 0.722. The van der Waals surface area contributed by atoms with Gasteiger partial charge in [0, 0.05) is 18.2 Å². The van der Waals surface area contributed by atoms with Gasteiger partial charge in [0.25, 0.3) is 5.56 Å². The molecule has 1 saturated carbocycles. The molecule has 0 N–H and O–H groups in total. The lowest BCUT2D eigenvalue weighted by Gasteiger charge is -2.15. The number of hydrogen-bond donors (Lipinski definition) is 0. The number of halogens is 2. The summed E-state index contributed by atoms with van der Waals surface area (Å²) in [6.45, 7) is 4.67. The van der Waals surface area contributed by atoms with Crippen LogP contribution in [0.15, 0.2) is 28.2 Å². The second-order valence-corrected chi connectivity index (χ2v) is 9.43. The third kappa shape index (κ3) is 4.02. The van der Waals surface area contributed by atoms with E-state index >= 15 is 0 Å². The average Bonchev–Trinajstić information content (AvgIpc) is 3.21. The van der Waals surface area contributed by atoms with Gasteiger partial charge in [0.2, 0.25) is 0 Å². The molecule has 1 aromatic carbocycles. The molecule has 0 bridgehead atoms. The fraction of sp³-hybridized carbons (Fsp3) is 0.500. The van der Waals surface area contributed by atoms with Crippen LogP contribution in [0.1, 0.15) is 30.6 Å². The van der Waals surface area contributed by atoms with Crippen molar-refractivity contribution in [1.29, 1.82) is 0 Å². The third-order valence-corrected chi connectivity index (χ3v) is 6.32. The van der Waals surface area contributed by atoms with Gasteiger partial charge in [-0.05, 0) is 30.5 Å². The molecule has 1 aromatic heterocycles. The topological polar surface area (TPSA) is 61.2 Å². The number of carbonyl (C=O) groups excluding carboxylic acids is 1. The normalized spacial score (nSPS) is 18.3. The molecule has 0 saturated heterocycles. The molecular formula is C18H20Cl2N2O3S. The van der Waals surface area contributed by atoms with E-state index in [0.717, 1.165) is 6.42 Å². The first-order chi connectivity index (χ1) is 12.2. The molecular weight excluding hydrogens is 395 g/mol. The van der Waals surface area contributed by atoms with Gasteiger partial charge >= 0.3 is 5.97 Å². The van der Waals surface area contributed by atoms with Crippen molar-refractivity contribution >= 4 is 51.8 Å². The van der Waals surface area contributed by atoms with Gasteiger partial charge in [-0.25, -0.2) is 9.78 Å². The molecule has 8 heteroatoms. The maximum Gasteiger partial charge on any atom is 0.337 e. The Morgan fingerprint density at radius 2 is 2.15 bits per heavy atom. The van der Waals surface area contributed by atoms with E-state index in [2.05, 4.69) is 18.8 Å². The van der Waals surface area contributed by atoms with Crippen molar-refractivity contribution in [2.45, 2.75) is 36.3 Å². The van der Waals surface area contributed by atoms with Gasteiger partial charge in [-0.15, -0.1) is 23.2 Å². The number of carbonyl (C=O) groups is 1. The Balaban J connectivity index is 2.03. The van der Waals surface area contributed by atoms with Crippen LogP contribution in [0.25, 0.3) is 10.9 Å². The standard InChI is InChI=1S/C18H20Cl2N2O3S/c1-10(2)8-22-15(23)13-5-4-11(16(24)25-3)6-14(13)21-17(22)26-9-12-7-18(12,19)20/h4-6,10,12H,7-9H2,1-3H3/t12-/m0/s1. The van der Waals surface area contributed by atoms with E-state index in [4.69, 9.17) is 27.9 Å². The van der Waals surface area contributed by atoms with Gasteiger partial charge in [0.1, 0.15) is 4.33 Å². The minimum Gasteiger partial charge on any atom is -0.465 e. The minimum absolute atomic E-state index is 0.110. The molecule has 3 rings (SSSR count). The monoisotopic (exact) mass is 414 g/mol. The number of rotatable bonds is 6. The summed E-state index contributed by atoms with van der Waals surface area (Å²) in [6, 6.07) is 4.81. The highest BCUT2D eigenvalue weighted by Crippen LogP contribution is 2.54. The fourth-order valence-corrected chi connectivity index (χ4v) is 4.65. The van der Waals surface area contributed by atoms with E-state index < -0.39 is 10.3 Å². The summed E-state index contributed by atoms with van der Waals surface area (Å²) >= 11 is 13.7. The number of nitrogens with zero attached hydrogens (tertiary/aromatic N) is 2. The third-order valence-electron chi connectivity index (χ3n) is 4.26. The predicted octanol–water partition coefficient (Wildman–Crippen LogP) is 4.13. The zero-order valence-electron chi connectivity index (χ0n) is 14.8. The van der Waals surface area contributed by atoms with E-state index in [-0.39, 0.29) is 11.5 Å². The van der Waals surface area contributed by atoms with Crippen LogP contribution in [-0.2, 0) is 11.3 Å². The minimum atomic E-state index is -0.662. The first-order valence-corrected chi connectivity index (χ1v) is 10.1. The van der Waals surface area contributed by atoms with Crippen molar-refractivity contribution in [3.05, 3.63) is 34.1 Å².